The lowest BCUT2D eigenvalue weighted by molar-refractivity contribution is -0.139. The van der Waals surface area contributed by atoms with Crippen LogP contribution in [-0.4, -0.2) is 33.9 Å². The maximum Gasteiger partial charge on any atom is 0.316 e. The van der Waals surface area contributed by atoms with Crippen LogP contribution in [0.4, 0.5) is 5.69 Å². The highest BCUT2D eigenvalue weighted by Crippen LogP contribution is 2.26. The van der Waals surface area contributed by atoms with E-state index in [0.29, 0.717) is 11.6 Å². The summed E-state index contributed by atoms with van der Waals surface area (Å²) in [4.78, 5) is 21.5. The molecule has 0 N–H and O–H groups in total. The maximum atomic E-state index is 11.6. The number of rotatable bonds is 6. The van der Waals surface area contributed by atoms with E-state index in [1.165, 1.54) is 23.1 Å². The number of halogens is 1. The van der Waals surface area contributed by atoms with Crippen LogP contribution in [0.5, 0.6) is 0 Å². The summed E-state index contributed by atoms with van der Waals surface area (Å²) in [6.45, 7) is 2.17. The van der Waals surface area contributed by atoms with Crippen LogP contribution < -0.4 is 0 Å². The van der Waals surface area contributed by atoms with Crippen molar-refractivity contribution < 1.29 is 9.53 Å². The topological polar surface area (TPSA) is 56.0 Å². The van der Waals surface area contributed by atoms with Gasteiger partial charge in [0.05, 0.1) is 30.0 Å². The zero-order valence-electron chi connectivity index (χ0n) is 12.8. The molecule has 8 heteroatoms. The molecule has 3 rings (SSSR count). The Bertz CT molecular complexity index is 871. The van der Waals surface area contributed by atoms with E-state index in [2.05, 4.69) is 9.98 Å². The molecule has 24 heavy (non-hydrogen) atoms. The molecule has 0 bridgehead atoms. The smallest absolute Gasteiger partial charge is 0.316 e. The van der Waals surface area contributed by atoms with Crippen molar-refractivity contribution in [3.05, 3.63) is 46.6 Å². The summed E-state index contributed by atoms with van der Waals surface area (Å²) in [5, 5.41) is 3.39. The molecular weight excluding hydrogens is 366 g/mol. The Hall–Kier alpha value is -1.83. The van der Waals surface area contributed by atoms with Crippen LogP contribution in [0.1, 0.15) is 12.6 Å². The quantitative estimate of drug-likeness (QED) is 0.360. The number of carbonyl (C=O) groups is 1. The van der Waals surface area contributed by atoms with Crippen molar-refractivity contribution >= 4 is 57.5 Å². The van der Waals surface area contributed by atoms with Crippen LogP contribution in [0.15, 0.2) is 45.9 Å². The van der Waals surface area contributed by atoms with Crippen LogP contribution in [0, 0.1) is 0 Å². The van der Waals surface area contributed by atoms with E-state index < -0.39 is 0 Å². The number of carbonyl (C=O) groups excluding carboxylic acids is 1. The van der Waals surface area contributed by atoms with Gasteiger partial charge in [0.2, 0.25) is 0 Å². The van der Waals surface area contributed by atoms with Crippen molar-refractivity contribution in [2.75, 3.05) is 12.4 Å². The minimum absolute atomic E-state index is 0.223. The normalized spacial score (nSPS) is 11.4. The lowest BCUT2D eigenvalue weighted by atomic mass is 10.3. The summed E-state index contributed by atoms with van der Waals surface area (Å²) in [5.41, 5.74) is 1.64. The van der Waals surface area contributed by atoms with Gasteiger partial charge in [0, 0.05) is 16.6 Å². The predicted octanol–water partition coefficient (Wildman–Crippen LogP) is 4.46. The number of hydrogen-bond donors (Lipinski definition) is 0. The number of aromatic nitrogens is 2. The van der Waals surface area contributed by atoms with E-state index in [1.807, 2.05) is 28.1 Å². The molecule has 2 aromatic heterocycles. The molecule has 0 saturated heterocycles. The summed E-state index contributed by atoms with van der Waals surface area (Å²) in [5.74, 6) is -0.0278. The van der Waals surface area contributed by atoms with Crippen molar-refractivity contribution in [1.82, 2.24) is 9.38 Å². The van der Waals surface area contributed by atoms with E-state index in [9.17, 15) is 4.79 Å². The first-order valence-corrected chi connectivity index (χ1v) is 9.45. The fourth-order valence-electron chi connectivity index (χ4n) is 2.00. The maximum absolute atomic E-state index is 11.6. The Morgan fingerprint density at radius 1 is 1.46 bits per heavy atom. The molecule has 0 saturated carbocycles. The van der Waals surface area contributed by atoms with Crippen LogP contribution in [0.2, 0.25) is 5.02 Å². The van der Waals surface area contributed by atoms with Gasteiger partial charge in [-0.1, -0.05) is 23.4 Å². The number of esters is 1. The minimum atomic E-state index is -0.251. The van der Waals surface area contributed by atoms with Gasteiger partial charge in [0.25, 0.3) is 0 Å². The number of thioether (sulfide) groups is 1. The van der Waals surface area contributed by atoms with E-state index in [-0.39, 0.29) is 11.7 Å². The van der Waals surface area contributed by atoms with E-state index in [4.69, 9.17) is 16.3 Å². The molecule has 0 aliphatic rings. The lowest BCUT2D eigenvalue weighted by Gasteiger charge is -2.01. The number of thiazole rings is 1. The second-order valence-electron chi connectivity index (χ2n) is 4.69. The summed E-state index contributed by atoms with van der Waals surface area (Å²) >= 11 is 8.77. The summed E-state index contributed by atoms with van der Waals surface area (Å²) in [6.07, 6.45) is 3.69. The number of aliphatic imine (C=N–C) groups is 1. The Kier molecular flexibility index (Phi) is 5.55. The standard InChI is InChI=1S/C16H14ClN3O2S2/c1-2-22-14(21)10-24-15-13(20-7-8-23-16(20)19-15)9-18-12-5-3-11(17)4-6-12/h3-9H,2,10H2,1H3. The molecule has 0 aliphatic heterocycles. The number of ether oxygens (including phenoxy) is 1. The number of hydrogen-bond acceptors (Lipinski definition) is 6. The van der Waals surface area contributed by atoms with E-state index >= 15 is 0 Å². The average Bonchev–Trinajstić information content (AvgIpc) is 3.14. The molecular formula is C16H14ClN3O2S2. The highest BCUT2D eigenvalue weighted by atomic mass is 35.5. The lowest BCUT2D eigenvalue weighted by Crippen LogP contribution is -2.06. The highest BCUT2D eigenvalue weighted by Gasteiger charge is 2.14. The number of nitrogens with zero attached hydrogens (tertiary/aromatic N) is 3. The Balaban J connectivity index is 1.84. The Morgan fingerprint density at radius 3 is 3.00 bits per heavy atom. The first-order valence-electron chi connectivity index (χ1n) is 7.21. The highest BCUT2D eigenvalue weighted by molar-refractivity contribution is 8.00. The monoisotopic (exact) mass is 379 g/mol. The fourth-order valence-corrected chi connectivity index (χ4v) is 3.69. The molecule has 0 fully saturated rings. The van der Waals surface area contributed by atoms with Crippen molar-refractivity contribution in [1.29, 1.82) is 0 Å². The first-order chi connectivity index (χ1) is 11.7. The summed E-state index contributed by atoms with van der Waals surface area (Å²) < 4.78 is 6.92. The Morgan fingerprint density at radius 2 is 2.25 bits per heavy atom. The molecule has 124 valence electrons. The van der Waals surface area contributed by atoms with Crippen LogP contribution in [0.3, 0.4) is 0 Å². The second kappa shape index (κ2) is 7.83. The van der Waals surface area contributed by atoms with Crippen LogP contribution >= 0.6 is 34.7 Å². The van der Waals surface area contributed by atoms with Gasteiger partial charge in [-0.25, -0.2) is 4.98 Å². The first kappa shape index (κ1) is 17.0. The minimum Gasteiger partial charge on any atom is -0.465 e. The molecule has 5 nitrogen and oxygen atoms in total. The molecule has 1 aromatic carbocycles. The van der Waals surface area contributed by atoms with Crippen molar-refractivity contribution in [2.45, 2.75) is 11.9 Å². The number of fused-ring (bicyclic) bond motifs is 1. The van der Waals surface area contributed by atoms with Crippen molar-refractivity contribution in [3.8, 4) is 0 Å². The van der Waals surface area contributed by atoms with Gasteiger partial charge in [-0.2, -0.15) is 0 Å². The van der Waals surface area contributed by atoms with Crippen LogP contribution in [0.25, 0.3) is 4.96 Å². The predicted molar refractivity (Wildman–Crippen MR) is 99.1 cm³/mol. The molecule has 2 heterocycles. The zero-order valence-corrected chi connectivity index (χ0v) is 15.2. The van der Waals surface area contributed by atoms with Crippen molar-refractivity contribution in [2.24, 2.45) is 4.99 Å². The summed E-state index contributed by atoms with van der Waals surface area (Å²) in [6, 6.07) is 7.27. The molecule has 0 spiro atoms. The third kappa shape index (κ3) is 3.98. The molecule has 3 aromatic rings. The number of benzene rings is 1. The zero-order chi connectivity index (χ0) is 16.9. The third-order valence-corrected chi connectivity index (χ3v) is 5.02. The third-order valence-electron chi connectivity index (χ3n) is 3.06. The van der Waals surface area contributed by atoms with Gasteiger partial charge in [0.15, 0.2) is 4.96 Å². The van der Waals surface area contributed by atoms with Gasteiger partial charge in [-0.3, -0.25) is 14.2 Å². The molecule has 0 amide bonds. The van der Waals surface area contributed by atoms with E-state index in [1.54, 1.807) is 25.3 Å². The largest absolute Gasteiger partial charge is 0.465 e. The molecule has 0 atom stereocenters. The molecule has 0 unspecified atom stereocenters. The van der Waals surface area contributed by atoms with Gasteiger partial charge in [-0.05, 0) is 31.2 Å². The van der Waals surface area contributed by atoms with Gasteiger partial charge >= 0.3 is 5.97 Å². The van der Waals surface area contributed by atoms with Crippen molar-refractivity contribution in [3.63, 3.8) is 0 Å². The average molecular weight is 380 g/mol. The summed E-state index contributed by atoms with van der Waals surface area (Å²) in [7, 11) is 0. The fraction of sp³-hybridized carbons (Fsp3) is 0.188. The molecule has 0 radical (unpaired) electrons. The van der Waals surface area contributed by atoms with Gasteiger partial charge in [-0.15, -0.1) is 11.3 Å². The molecule has 0 aliphatic carbocycles. The van der Waals surface area contributed by atoms with Gasteiger partial charge < -0.3 is 4.74 Å². The van der Waals surface area contributed by atoms with Crippen LogP contribution in [-0.2, 0) is 9.53 Å². The van der Waals surface area contributed by atoms with E-state index in [0.717, 1.165) is 21.4 Å². The number of imidazole rings is 1. The Labute approximate surface area is 152 Å². The second-order valence-corrected chi connectivity index (χ2v) is 6.96. The van der Waals surface area contributed by atoms with Gasteiger partial charge in [0.1, 0.15) is 5.03 Å². The SMILES string of the molecule is CCOC(=O)CSc1nc2sccn2c1C=Nc1ccc(Cl)cc1.